The summed E-state index contributed by atoms with van der Waals surface area (Å²) in [5.74, 6) is 0.571. The van der Waals surface area contributed by atoms with Gasteiger partial charge in [0.15, 0.2) is 0 Å². The fourth-order valence-electron chi connectivity index (χ4n) is 0.686. The van der Waals surface area contributed by atoms with Crippen LogP contribution >= 0.6 is 0 Å². The molecule has 2 nitrogen and oxygen atoms in total. The molecule has 0 spiro atoms. The lowest BCUT2D eigenvalue weighted by atomic mass is 10.3. The molecule has 11 heavy (non-hydrogen) atoms. The molecule has 0 aromatic carbocycles. The Morgan fingerprint density at radius 2 is 2.18 bits per heavy atom. The van der Waals surface area contributed by atoms with Crippen LogP contribution in [0.4, 0.5) is 0 Å². The molecule has 0 aromatic heterocycles. The van der Waals surface area contributed by atoms with Crippen molar-refractivity contribution in [2.75, 3.05) is 0 Å². The van der Waals surface area contributed by atoms with Gasteiger partial charge in [0, 0.05) is 0 Å². The van der Waals surface area contributed by atoms with Crippen LogP contribution in [0.25, 0.3) is 0 Å². The number of nitrogens with two attached hydrogens (primary N) is 1. The normalized spacial score (nSPS) is 11.8. The molecule has 0 bridgehead atoms. The molecular formula is C9H17NO. The highest BCUT2D eigenvalue weighted by Crippen LogP contribution is 2.06. The highest BCUT2D eigenvalue weighted by molar-refractivity contribution is 5.19. The van der Waals surface area contributed by atoms with E-state index in [4.69, 9.17) is 10.5 Å². The van der Waals surface area contributed by atoms with Crippen LogP contribution in [-0.2, 0) is 4.74 Å². The Bertz CT molecular complexity index is 159. The Kier molecular flexibility index (Phi) is 4.42. The van der Waals surface area contributed by atoms with Crippen molar-refractivity contribution in [1.82, 2.24) is 0 Å². The molecule has 0 rings (SSSR count). The van der Waals surface area contributed by atoms with Crippen molar-refractivity contribution in [1.29, 1.82) is 0 Å². The first-order chi connectivity index (χ1) is 5.07. The monoisotopic (exact) mass is 155 g/mol. The maximum absolute atomic E-state index is 5.61. The Labute approximate surface area is 68.7 Å². The van der Waals surface area contributed by atoms with Gasteiger partial charge in [0.25, 0.3) is 0 Å². The number of hydrogen-bond acceptors (Lipinski definition) is 2. The summed E-state index contributed by atoms with van der Waals surface area (Å²) >= 11 is 0. The molecule has 2 heteroatoms. The Hall–Kier alpha value is -0.920. The van der Waals surface area contributed by atoms with Gasteiger partial charge in [-0.15, -0.1) is 0 Å². The van der Waals surface area contributed by atoms with Gasteiger partial charge in [-0.25, -0.2) is 0 Å². The van der Waals surface area contributed by atoms with Crippen LogP contribution in [0.15, 0.2) is 24.1 Å². The highest BCUT2D eigenvalue weighted by Gasteiger charge is 1.99. The van der Waals surface area contributed by atoms with Crippen LogP contribution in [0, 0.1) is 0 Å². The van der Waals surface area contributed by atoms with E-state index in [0.29, 0.717) is 11.5 Å². The van der Waals surface area contributed by atoms with Gasteiger partial charge in [-0.1, -0.05) is 19.6 Å². The van der Waals surface area contributed by atoms with Crippen LogP contribution in [0.2, 0.25) is 0 Å². The van der Waals surface area contributed by atoms with Gasteiger partial charge in [0.05, 0.1) is 11.8 Å². The third kappa shape index (κ3) is 4.48. The van der Waals surface area contributed by atoms with Gasteiger partial charge in [0.1, 0.15) is 5.76 Å². The minimum atomic E-state index is 0.145. The average Bonchev–Trinajstić information content (AvgIpc) is 1.86. The summed E-state index contributed by atoms with van der Waals surface area (Å²) in [7, 11) is 0. The number of hydrogen-bond donors (Lipinski definition) is 1. The van der Waals surface area contributed by atoms with E-state index in [0.717, 1.165) is 6.42 Å². The summed E-state index contributed by atoms with van der Waals surface area (Å²) in [5.41, 5.74) is 6.25. The standard InChI is InChI=1S/C9H17NO/c1-5-6-9(10)8(4)11-7(2)3/h6-7H,4-5,10H2,1-3H3/b9-6+. The van der Waals surface area contributed by atoms with E-state index in [9.17, 15) is 0 Å². The maximum atomic E-state index is 5.61. The zero-order chi connectivity index (χ0) is 8.85. The third-order valence-electron chi connectivity index (χ3n) is 1.12. The van der Waals surface area contributed by atoms with E-state index < -0.39 is 0 Å². The van der Waals surface area contributed by atoms with Crippen LogP contribution in [-0.4, -0.2) is 6.10 Å². The molecule has 0 atom stereocenters. The third-order valence-corrected chi connectivity index (χ3v) is 1.12. The Morgan fingerprint density at radius 1 is 1.64 bits per heavy atom. The molecule has 0 aromatic rings. The van der Waals surface area contributed by atoms with Crippen molar-refractivity contribution in [3.05, 3.63) is 24.1 Å². The second kappa shape index (κ2) is 4.83. The number of rotatable bonds is 4. The number of allylic oxidation sites excluding steroid dienone is 1. The van der Waals surface area contributed by atoms with Gasteiger partial charge in [-0.3, -0.25) is 0 Å². The molecule has 0 aliphatic rings. The quantitative estimate of drug-likeness (QED) is 0.499. The van der Waals surface area contributed by atoms with Gasteiger partial charge in [-0.05, 0) is 20.3 Å². The van der Waals surface area contributed by atoms with E-state index in [2.05, 4.69) is 6.58 Å². The fourth-order valence-corrected chi connectivity index (χ4v) is 0.686. The average molecular weight is 155 g/mol. The molecule has 0 aliphatic heterocycles. The van der Waals surface area contributed by atoms with E-state index in [1.165, 1.54) is 0 Å². The topological polar surface area (TPSA) is 35.2 Å². The van der Waals surface area contributed by atoms with E-state index in [-0.39, 0.29) is 6.10 Å². The molecule has 0 heterocycles. The van der Waals surface area contributed by atoms with Crippen molar-refractivity contribution in [3.63, 3.8) is 0 Å². The molecule has 64 valence electrons. The molecule has 2 N–H and O–H groups in total. The van der Waals surface area contributed by atoms with Crippen LogP contribution < -0.4 is 5.73 Å². The minimum absolute atomic E-state index is 0.145. The van der Waals surface area contributed by atoms with Crippen LogP contribution in [0.3, 0.4) is 0 Å². The van der Waals surface area contributed by atoms with Crippen molar-refractivity contribution in [2.24, 2.45) is 5.73 Å². The summed E-state index contributed by atoms with van der Waals surface area (Å²) in [6, 6.07) is 0. The second-order valence-corrected chi connectivity index (χ2v) is 2.66. The van der Waals surface area contributed by atoms with Crippen molar-refractivity contribution < 1.29 is 4.74 Å². The highest BCUT2D eigenvalue weighted by atomic mass is 16.5. The van der Waals surface area contributed by atoms with Crippen LogP contribution in [0.1, 0.15) is 27.2 Å². The lowest BCUT2D eigenvalue weighted by molar-refractivity contribution is 0.155. The zero-order valence-corrected chi connectivity index (χ0v) is 7.55. The zero-order valence-electron chi connectivity index (χ0n) is 7.55. The van der Waals surface area contributed by atoms with Gasteiger partial charge in [-0.2, -0.15) is 0 Å². The molecular weight excluding hydrogens is 138 g/mol. The van der Waals surface area contributed by atoms with Crippen molar-refractivity contribution in [2.45, 2.75) is 33.3 Å². The predicted octanol–water partition coefficient (Wildman–Crippen LogP) is 2.18. The molecule has 0 radical (unpaired) electrons. The SMILES string of the molecule is C=C(OC(C)C)/C(N)=C\CC. The van der Waals surface area contributed by atoms with E-state index in [1.807, 2.05) is 26.8 Å². The fraction of sp³-hybridized carbons (Fsp3) is 0.556. The van der Waals surface area contributed by atoms with Gasteiger partial charge < -0.3 is 10.5 Å². The van der Waals surface area contributed by atoms with E-state index in [1.54, 1.807) is 0 Å². The first kappa shape index (κ1) is 10.1. The summed E-state index contributed by atoms with van der Waals surface area (Å²) in [4.78, 5) is 0. The Morgan fingerprint density at radius 3 is 2.55 bits per heavy atom. The molecule has 0 unspecified atom stereocenters. The summed E-state index contributed by atoms with van der Waals surface area (Å²) in [6.45, 7) is 9.62. The predicted molar refractivity (Wildman–Crippen MR) is 47.9 cm³/mol. The lowest BCUT2D eigenvalue weighted by Crippen LogP contribution is -2.08. The number of ether oxygens (including phenoxy) is 1. The van der Waals surface area contributed by atoms with Crippen molar-refractivity contribution >= 4 is 0 Å². The van der Waals surface area contributed by atoms with Crippen LogP contribution in [0.5, 0.6) is 0 Å². The van der Waals surface area contributed by atoms with Gasteiger partial charge in [0.2, 0.25) is 0 Å². The largest absolute Gasteiger partial charge is 0.489 e. The molecule has 0 saturated heterocycles. The second-order valence-electron chi connectivity index (χ2n) is 2.66. The smallest absolute Gasteiger partial charge is 0.135 e. The molecule has 0 aliphatic carbocycles. The molecule has 0 fully saturated rings. The summed E-state index contributed by atoms with van der Waals surface area (Å²) in [6.07, 6.45) is 2.95. The lowest BCUT2D eigenvalue weighted by Gasteiger charge is -2.11. The first-order valence-corrected chi connectivity index (χ1v) is 3.89. The Balaban J connectivity index is 3.93. The summed E-state index contributed by atoms with van der Waals surface area (Å²) in [5, 5.41) is 0. The first-order valence-electron chi connectivity index (χ1n) is 3.89. The molecule has 0 amide bonds. The minimum Gasteiger partial charge on any atom is -0.489 e. The maximum Gasteiger partial charge on any atom is 0.135 e. The van der Waals surface area contributed by atoms with Gasteiger partial charge >= 0.3 is 0 Å². The van der Waals surface area contributed by atoms with Crippen molar-refractivity contribution in [3.8, 4) is 0 Å². The molecule has 0 saturated carbocycles. The van der Waals surface area contributed by atoms with E-state index >= 15 is 0 Å². The summed E-state index contributed by atoms with van der Waals surface area (Å²) < 4.78 is 5.28.